The molecule has 0 bridgehead atoms. The van der Waals surface area contributed by atoms with Crippen LogP contribution in [0.1, 0.15) is 18.4 Å². The maximum atomic E-state index is 12.9. The zero-order valence-corrected chi connectivity index (χ0v) is 14.3. The Balaban J connectivity index is 1.71. The fraction of sp³-hybridized carbons (Fsp3) is 0.529. The van der Waals surface area contributed by atoms with Crippen LogP contribution in [-0.2, 0) is 0 Å². The first-order valence-electron chi connectivity index (χ1n) is 8.64. The molecule has 2 saturated heterocycles. The molecule has 2 atom stereocenters. The minimum atomic E-state index is -0.511. The number of piperidine rings is 1. The minimum absolute atomic E-state index is 0.0140. The molecule has 0 saturated carbocycles. The van der Waals surface area contributed by atoms with Crippen LogP contribution in [0, 0.1) is 11.3 Å². The Morgan fingerprint density at radius 1 is 1.36 bits per heavy atom. The fourth-order valence-electron chi connectivity index (χ4n) is 3.53. The van der Waals surface area contributed by atoms with Crippen molar-refractivity contribution in [2.75, 3.05) is 37.6 Å². The molecule has 132 valence electrons. The second kappa shape index (κ2) is 7.45. The highest BCUT2D eigenvalue weighted by molar-refractivity contribution is 6.04. The van der Waals surface area contributed by atoms with Crippen LogP contribution < -0.4 is 10.6 Å². The van der Waals surface area contributed by atoms with Crippen LogP contribution in [0.3, 0.4) is 0 Å². The summed E-state index contributed by atoms with van der Waals surface area (Å²) in [4.78, 5) is 18.1. The zero-order valence-electron chi connectivity index (χ0n) is 14.3. The van der Waals surface area contributed by atoms with E-state index >= 15 is 0 Å². The Labute approximate surface area is 149 Å². The van der Waals surface area contributed by atoms with E-state index in [1.54, 1.807) is 27.9 Å². The number of rotatable bonds is 4. The molecule has 2 amide bonds. The molecule has 2 heterocycles. The molecule has 0 aromatic heterocycles. The third kappa shape index (κ3) is 3.96. The van der Waals surface area contributed by atoms with Gasteiger partial charge in [0.05, 0.1) is 6.10 Å². The fourth-order valence-corrected chi connectivity index (χ4v) is 3.53. The number of hydrogen-bond donors (Lipinski definition) is 3. The first kappa shape index (κ1) is 17.8. The van der Waals surface area contributed by atoms with E-state index in [0.29, 0.717) is 31.7 Å². The molecule has 25 heavy (non-hydrogen) atoms. The Hall–Kier alpha value is -2.06. The van der Waals surface area contributed by atoms with Crippen LogP contribution in [0.25, 0.3) is 0 Å². The third-order valence-electron chi connectivity index (χ3n) is 4.99. The topological polar surface area (TPSA) is 96.9 Å². The number of benzene rings is 1. The van der Waals surface area contributed by atoms with E-state index in [9.17, 15) is 9.90 Å². The quantitative estimate of drug-likeness (QED) is 0.419. The lowest BCUT2D eigenvalue weighted by molar-refractivity contribution is 0.0374. The number of nitrogens with one attached hydrogen (secondary N) is 1. The van der Waals surface area contributed by atoms with Gasteiger partial charge in [0.1, 0.15) is 5.84 Å². The predicted molar refractivity (Wildman–Crippen MR) is 97.8 cm³/mol. The summed E-state index contributed by atoms with van der Waals surface area (Å²) in [5.41, 5.74) is 6.91. The summed E-state index contributed by atoms with van der Waals surface area (Å²) in [6, 6.07) is 7.13. The number of urea groups is 1. The third-order valence-corrected chi connectivity index (χ3v) is 4.99. The smallest absolute Gasteiger partial charge is 0.324 e. The molecular weight excluding hydrogens is 317 g/mol. The molecule has 4 N–H and O–H groups in total. The summed E-state index contributed by atoms with van der Waals surface area (Å²) in [7, 11) is 5.74. The van der Waals surface area contributed by atoms with Crippen LogP contribution in [0.15, 0.2) is 24.3 Å². The van der Waals surface area contributed by atoms with E-state index < -0.39 is 6.10 Å². The number of nitrogens with zero attached hydrogens (tertiary/aromatic N) is 3. The van der Waals surface area contributed by atoms with Crippen molar-refractivity contribution < 1.29 is 9.90 Å². The van der Waals surface area contributed by atoms with Crippen molar-refractivity contribution in [2.45, 2.75) is 18.9 Å². The van der Waals surface area contributed by atoms with Gasteiger partial charge in [-0.2, -0.15) is 0 Å². The molecule has 0 aliphatic carbocycles. The lowest BCUT2D eigenvalue weighted by atomic mass is 9.91. The Morgan fingerprint density at radius 2 is 2.16 bits per heavy atom. The summed E-state index contributed by atoms with van der Waals surface area (Å²) in [6.07, 6.45) is 1.13. The van der Waals surface area contributed by atoms with Gasteiger partial charge in [0, 0.05) is 43.3 Å². The number of aliphatic hydroxyl groups excluding tert-OH is 1. The number of amidine groups is 1. The summed E-state index contributed by atoms with van der Waals surface area (Å²) in [5.74, 6) is 0.0343. The van der Waals surface area contributed by atoms with E-state index in [4.69, 9.17) is 19.1 Å². The Bertz CT molecular complexity index is 656. The lowest BCUT2D eigenvalue weighted by Gasteiger charge is -2.41. The molecule has 7 nitrogen and oxygen atoms in total. The number of aliphatic hydroxyl groups is 1. The van der Waals surface area contributed by atoms with Gasteiger partial charge in [-0.25, -0.2) is 4.79 Å². The molecule has 1 aromatic carbocycles. The Kier molecular flexibility index (Phi) is 5.29. The number of carbonyl (C=O) groups is 1. The highest BCUT2D eigenvalue weighted by atomic mass is 16.3. The van der Waals surface area contributed by atoms with Crippen molar-refractivity contribution in [3.05, 3.63) is 29.8 Å². The Morgan fingerprint density at radius 3 is 2.88 bits per heavy atom. The first-order valence-corrected chi connectivity index (χ1v) is 8.64. The van der Waals surface area contributed by atoms with E-state index in [1.807, 2.05) is 11.0 Å². The van der Waals surface area contributed by atoms with Crippen molar-refractivity contribution in [1.29, 1.82) is 5.41 Å². The average Bonchev–Trinajstić information content (AvgIpc) is 2.59. The van der Waals surface area contributed by atoms with E-state index in [2.05, 4.69) is 0 Å². The minimum Gasteiger partial charge on any atom is -0.391 e. The number of hydrogen-bond acceptors (Lipinski definition) is 4. The van der Waals surface area contributed by atoms with Gasteiger partial charge in [-0.1, -0.05) is 12.1 Å². The number of nitrogens with two attached hydrogens (primary N) is 1. The van der Waals surface area contributed by atoms with Crippen LogP contribution in [0.4, 0.5) is 10.5 Å². The molecule has 2 fully saturated rings. The van der Waals surface area contributed by atoms with Crippen LogP contribution in [0.5, 0.6) is 0 Å². The monoisotopic (exact) mass is 341 g/mol. The van der Waals surface area contributed by atoms with Gasteiger partial charge >= 0.3 is 6.03 Å². The van der Waals surface area contributed by atoms with Gasteiger partial charge in [-0.3, -0.25) is 10.3 Å². The summed E-state index contributed by atoms with van der Waals surface area (Å²) in [6.45, 7) is 3.04. The molecule has 2 aliphatic heterocycles. The zero-order chi connectivity index (χ0) is 18.0. The van der Waals surface area contributed by atoms with Gasteiger partial charge in [-0.05, 0) is 31.5 Å². The van der Waals surface area contributed by atoms with Gasteiger partial charge in [0.15, 0.2) is 7.98 Å². The number of amides is 2. The van der Waals surface area contributed by atoms with Crippen molar-refractivity contribution in [3.8, 4) is 0 Å². The second-order valence-electron chi connectivity index (χ2n) is 6.81. The van der Waals surface area contributed by atoms with Gasteiger partial charge < -0.3 is 20.6 Å². The van der Waals surface area contributed by atoms with Crippen molar-refractivity contribution in [1.82, 2.24) is 9.71 Å². The van der Waals surface area contributed by atoms with Gasteiger partial charge in [0.25, 0.3) is 0 Å². The van der Waals surface area contributed by atoms with Crippen molar-refractivity contribution >= 4 is 25.5 Å². The molecule has 0 spiro atoms. The maximum absolute atomic E-state index is 12.9. The van der Waals surface area contributed by atoms with Crippen LogP contribution in [-0.4, -0.2) is 73.5 Å². The van der Waals surface area contributed by atoms with E-state index in [-0.39, 0.29) is 17.8 Å². The largest absolute Gasteiger partial charge is 0.391 e. The first-order chi connectivity index (χ1) is 12.0. The van der Waals surface area contributed by atoms with Crippen molar-refractivity contribution in [2.24, 2.45) is 11.7 Å². The normalized spacial score (nSPS) is 25.2. The summed E-state index contributed by atoms with van der Waals surface area (Å²) < 4.78 is 0. The molecule has 2 aliphatic rings. The second-order valence-corrected chi connectivity index (χ2v) is 6.81. The number of anilines is 1. The standard InChI is InChI=1S/C17H24BN5O2/c18-22-8-5-13(15(24)11-22)10-21-6-2-7-23(17(21)25)14-4-1-3-12(9-14)16(19)20/h1,3-4,9,13,15,24H,2,5-8,10-11H2,(H3,19,20). The number of β-amino-alcohol motifs (C(OH)–C–C–N with tert-alkyl or cyclic N) is 1. The number of nitrogen functional groups attached to an aromatic ring is 1. The highest BCUT2D eigenvalue weighted by Gasteiger charge is 2.32. The van der Waals surface area contributed by atoms with Crippen molar-refractivity contribution in [3.63, 3.8) is 0 Å². The average molecular weight is 341 g/mol. The van der Waals surface area contributed by atoms with Crippen LogP contribution in [0.2, 0.25) is 0 Å². The lowest BCUT2D eigenvalue weighted by Crippen LogP contribution is -2.54. The highest BCUT2D eigenvalue weighted by Crippen LogP contribution is 2.24. The van der Waals surface area contributed by atoms with Crippen LogP contribution >= 0.6 is 0 Å². The van der Waals surface area contributed by atoms with Gasteiger partial charge in [-0.15, -0.1) is 0 Å². The summed E-state index contributed by atoms with van der Waals surface area (Å²) in [5, 5.41) is 17.8. The van der Waals surface area contributed by atoms with Gasteiger partial charge in [0.2, 0.25) is 0 Å². The molecule has 3 rings (SSSR count). The molecule has 1 aromatic rings. The molecule has 8 heteroatoms. The molecule has 2 unspecified atom stereocenters. The van der Waals surface area contributed by atoms with E-state index in [1.165, 1.54) is 0 Å². The SMILES string of the molecule is [B]N1CCC(CN2CCCN(c3cccc(C(=N)N)c3)C2=O)C(O)C1. The maximum Gasteiger partial charge on any atom is 0.324 e. The number of carbonyl (C=O) groups excluding carboxylic acids is 1. The molecule has 2 radical (unpaired) electrons. The summed E-state index contributed by atoms with van der Waals surface area (Å²) >= 11 is 0. The predicted octanol–water partition coefficient (Wildman–Crippen LogP) is 0.369. The molecular formula is C17H24BN5O2. The van der Waals surface area contributed by atoms with E-state index in [0.717, 1.165) is 25.1 Å².